The quantitative estimate of drug-likeness (QED) is 0.760. The second-order valence-electron chi connectivity index (χ2n) is 5.77. The summed E-state index contributed by atoms with van der Waals surface area (Å²) in [6.45, 7) is 0.664. The van der Waals surface area contributed by atoms with Crippen LogP contribution in [0.2, 0.25) is 0 Å². The molecule has 0 unspecified atom stereocenters. The molecule has 3 aromatic rings. The molecule has 1 saturated heterocycles. The van der Waals surface area contributed by atoms with Gasteiger partial charge in [-0.25, -0.2) is 19.9 Å². The zero-order chi connectivity index (χ0) is 17.8. The fourth-order valence-corrected chi connectivity index (χ4v) is 2.97. The van der Waals surface area contributed by atoms with Crippen LogP contribution in [0.25, 0.3) is 0 Å². The van der Waals surface area contributed by atoms with Gasteiger partial charge in [0.2, 0.25) is 5.95 Å². The molecule has 3 aromatic heterocycles. The first-order chi connectivity index (χ1) is 12.8. The average Bonchev–Trinajstić information content (AvgIpc) is 3.19. The number of amides is 1. The normalized spacial score (nSPS) is 16.5. The van der Waals surface area contributed by atoms with Crippen LogP contribution >= 0.6 is 0 Å². The van der Waals surface area contributed by atoms with Crippen LogP contribution in [0.3, 0.4) is 0 Å². The minimum atomic E-state index is -0.136. The lowest BCUT2D eigenvalue weighted by Crippen LogP contribution is -2.31. The lowest BCUT2D eigenvalue weighted by atomic mass is 10.1. The average molecular weight is 348 g/mol. The summed E-state index contributed by atoms with van der Waals surface area (Å²) in [5, 5.41) is 3.02. The van der Waals surface area contributed by atoms with E-state index >= 15 is 0 Å². The topological polar surface area (TPSA) is 110 Å². The summed E-state index contributed by atoms with van der Waals surface area (Å²) in [5.41, 5.74) is 1.12. The van der Waals surface area contributed by atoms with E-state index in [2.05, 4.69) is 35.2 Å². The molecule has 0 radical (unpaired) electrons. The van der Waals surface area contributed by atoms with Crippen LogP contribution in [-0.2, 0) is 0 Å². The monoisotopic (exact) mass is 348 g/mol. The van der Waals surface area contributed by atoms with Crippen molar-refractivity contribution in [2.75, 3.05) is 11.9 Å². The molecule has 0 bridgehead atoms. The lowest BCUT2D eigenvalue weighted by Gasteiger charge is -2.24. The van der Waals surface area contributed by atoms with Gasteiger partial charge in [0.1, 0.15) is 5.69 Å². The molecule has 0 saturated carbocycles. The number of likely N-dealkylation sites (tertiary alicyclic amines) is 1. The van der Waals surface area contributed by atoms with Gasteiger partial charge < -0.3 is 10.2 Å². The fourth-order valence-electron chi connectivity index (χ4n) is 2.97. The second-order valence-corrected chi connectivity index (χ2v) is 5.77. The Morgan fingerprint density at radius 3 is 2.65 bits per heavy atom. The number of hydrogen-bond donors (Lipinski definition) is 1. The maximum Gasteiger partial charge on any atom is 0.274 e. The Kier molecular flexibility index (Phi) is 4.42. The molecule has 1 atom stereocenters. The Balaban J connectivity index is 1.56. The molecule has 26 heavy (non-hydrogen) atoms. The van der Waals surface area contributed by atoms with Crippen LogP contribution in [0.15, 0.2) is 49.4 Å². The largest absolute Gasteiger partial charge is 0.329 e. The van der Waals surface area contributed by atoms with Gasteiger partial charge in [0, 0.05) is 37.5 Å². The van der Waals surface area contributed by atoms with Crippen molar-refractivity contribution in [3.63, 3.8) is 0 Å². The van der Waals surface area contributed by atoms with Gasteiger partial charge in [-0.1, -0.05) is 0 Å². The summed E-state index contributed by atoms with van der Waals surface area (Å²) >= 11 is 0. The van der Waals surface area contributed by atoms with Gasteiger partial charge in [0.05, 0.1) is 24.1 Å². The molecule has 130 valence electrons. The number of carbonyl (C=O) groups excluding carboxylic acids is 1. The Morgan fingerprint density at radius 1 is 1.04 bits per heavy atom. The third-order valence-corrected chi connectivity index (χ3v) is 4.12. The molecular weight excluding hydrogens is 332 g/mol. The number of carbonyl (C=O) groups is 1. The van der Waals surface area contributed by atoms with E-state index in [0.717, 1.165) is 18.5 Å². The van der Waals surface area contributed by atoms with E-state index in [9.17, 15) is 4.79 Å². The highest BCUT2D eigenvalue weighted by molar-refractivity contribution is 5.92. The standard InChI is InChI=1S/C17H16N8O/c26-16(13-10-18-5-7-20-13)25-9-1-2-14(25)12-3-4-22-17(23-12)24-15-11-19-6-8-21-15/h3-8,10-11,14H,1-2,9H2,(H,21,22,23,24)/t14-/m1/s1. The number of aromatic nitrogens is 6. The molecule has 9 heteroatoms. The van der Waals surface area contributed by atoms with E-state index < -0.39 is 0 Å². The number of hydrogen-bond acceptors (Lipinski definition) is 8. The maximum atomic E-state index is 12.8. The zero-order valence-electron chi connectivity index (χ0n) is 13.9. The lowest BCUT2D eigenvalue weighted by molar-refractivity contribution is 0.0726. The number of anilines is 2. The highest BCUT2D eigenvalue weighted by Gasteiger charge is 2.32. The molecule has 1 fully saturated rings. The Morgan fingerprint density at radius 2 is 1.88 bits per heavy atom. The number of nitrogens with zero attached hydrogens (tertiary/aromatic N) is 7. The van der Waals surface area contributed by atoms with Gasteiger partial charge >= 0.3 is 0 Å². The molecule has 1 N–H and O–H groups in total. The summed E-state index contributed by atoms with van der Waals surface area (Å²) in [6.07, 6.45) is 12.8. The van der Waals surface area contributed by atoms with Crippen molar-refractivity contribution >= 4 is 17.7 Å². The molecule has 1 aliphatic heterocycles. The van der Waals surface area contributed by atoms with Gasteiger partial charge in [-0.3, -0.25) is 14.8 Å². The highest BCUT2D eigenvalue weighted by atomic mass is 16.2. The fraction of sp³-hybridized carbons (Fsp3) is 0.235. The van der Waals surface area contributed by atoms with Crippen molar-refractivity contribution in [3.05, 3.63) is 60.8 Å². The predicted molar refractivity (Wildman–Crippen MR) is 92.4 cm³/mol. The van der Waals surface area contributed by atoms with Crippen LogP contribution in [-0.4, -0.2) is 47.3 Å². The van der Waals surface area contributed by atoms with Crippen molar-refractivity contribution in [2.24, 2.45) is 0 Å². The molecule has 4 rings (SSSR count). The van der Waals surface area contributed by atoms with E-state index in [0.29, 0.717) is 24.0 Å². The summed E-state index contributed by atoms with van der Waals surface area (Å²) in [6, 6.07) is 1.71. The van der Waals surface area contributed by atoms with Crippen molar-refractivity contribution in [2.45, 2.75) is 18.9 Å². The molecule has 4 heterocycles. The first-order valence-electron chi connectivity index (χ1n) is 8.24. The second kappa shape index (κ2) is 7.18. The number of nitrogens with one attached hydrogen (secondary N) is 1. The van der Waals surface area contributed by atoms with Crippen LogP contribution in [0, 0.1) is 0 Å². The third kappa shape index (κ3) is 3.32. The van der Waals surface area contributed by atoms with Crippen molar-refractivity contribution in [3.8, 4) is 0 Å². The van der Waals surface area contributed by atoms with Gasteiger partial charge in [-0.05, 0) is 18.9 Å². The van der Waals surface area contributed by atoms with Crippen molar-refractivity contribution in [1.29, 1.82) is 0 Å². The minimum Gasteiger partial charge on any atom is -0.329 e. The first kappa shape index (κ1) is 16.0. The van der Waals surface area contributed by atoms with Gasteiger partial charge in [0.15, 0.2) is 5.82 Å². The molecule has 1 aliphatic rings. The van der Waals surface area contributed by atoms with Crippen molar-refractivity contribution in [1.82, 2.24) is 34.8 Å². The van der Waals surface area contributed by atoms with E-state index in [-0.39, 0.29) is 11.9 Å². The van der Waals surface area contributed by atoms with Gasteiger partial charge in [-0.2, -0.15) is 0 Å². The van der Waals surface area contributed by atoms with E-state index in [1.165, 1.54) is 12.4 Å². The highest BCUT2D eigenvalue weighted by Crippen LogP contribution is 2.32. The van der Waals surface area contributed by atoms with Crippen LogP contribution in [0.5, 0.6) is 0 Å². The van der Waals surface area contributed by atoms with E-state index in [1.807, 2.05) is 6.07 Å². The van der Waals surface area contributed by atoms with Gasteiger partial charge in [-0.15, -0.1) is 0 Å². The Hall–Kier alpha value is -3.49. The predicted octanol–water partition coefficient (Wildman–Crippen LogP) is 1.78. The maximum absolute atomic E-state index is 12.8. The van der Waals surface area contributed by atoms with E-state index in [1.54, 1.807) is 35.9 Å². The molecule has 9 nitrogen and oxygen atoms in total. The smallest absolute Gasteiger partial charge is 0.274 e. The summed E-state index contributed by atoms with van der Waals surface area (Å²) < 4.78 is 0. The molecule has 0 spiro atoms. The Labute approximate surface area is 149 Å². The van der Waals surface area contributed by atoms with Crippen molar-refractivity contribution < 1.29 is 4.79 Å². The molecule has 0 aliphatic carbocycles. The third-order valence-electron chi connectivity index (χ3n) is 4.12. The summed E-state index contributed by atoms with van der Waals surface area (Å²) in [5.74, 6) is 0.841. The zero-order valence-corrected chi connectivity index (χ0v) is 13.9. The van der Waals surface area contributed by atoms with Gasteiger partial charge in [0.25, 0.3) is 5.91 Å². The SMILES string of the molecule is O=C(c1cnccn1)N1CCC[C@@H]1c1ccnc(Nc2cnccn2)n1. The Bertz CT molecular complexity index is 890. The molecular formula is C17H16N8O. The summed E-state index contributed by atoms with van der Waals surface area (Å²) in [4.78, 5) is 39.6. The first-order valence-corrected chi connectivity index (χ1v) is 8.24. The van der Waals surface area contributed by atoms with E-state index in [4.69, 9.17) is 0 Å². The van der Waals surface area contributed by atoms with Crippen LogP contribution < -0.4 is 5.32 Å². The molecule has 1 amide bonds. The summed E-state index contributed by atoms with van der Waals surface area (Å²) in [7, 11) is 0. The number of rotatable bonds is 4. The van der Waals surface area contributed by atoms with Crippen LogP contribution in [0.4, 0.5) is 11.8 Å². The van der Waals surface area contributed by atoms with Crippen LogP contribution in [0.1, 0.15) is 35.1 Å². The minimum absolute atomic E-state index is 0.116. The molecule has 0 aromatic carbocycles.